The number of Topliss-reactive ketones (excluding diaryl/α,β-unsaturated/α-hetero) is 1. The molecule has 0 fully saturated rings. The van der Waals surface area contributed by atoms with Gasteiger partial charge in [0.25, 0.3) is 0 Å². The van der Waals surface area contributed by atoms with E-state index >= 15 is 0 Å². The number of aryl methyl sites for hydroxylation is 1. The van der Waals surface area contributed by atoms with Crippen molar-refractivity contribution >= 4 is 17.1 Å². The van der Waals surface area contributed by atoms with Crippen molar-refractivity contribution in [3.63, 3.8) is 0 Å². The average Bonchev–Trinajstić information content (AvgIpc) is 3.25. The van der Waals surface area contributed by atoms with Gasteiger partial charge in [-0.25, -0.2) is 4.98 Å². The Bertz CT molecular complexity index is 905. The van der Waals surface area contributed by atoms with Crippen molar-refractivity contribution in [2.24, 2.45) is 7.05 Å². The summed E-state index contributed by atoms with van der Waals surface area (Å²) in [5.74, 6) is -0.455. The average molecular weight is 338 g/mol. The molecule has 1 atom stereocenters. The number of hydrogen-bond donors (Lipinski definition) is 0. The van der Waals surface area contributed by atoms with Gasteiger partial charge in [0.2, 0.25) is 0 Å². The highest BCUT2D eigenvalue weighted by Crippen LogP contribution is 2.29. The molecule has 0 bridgehead atoms. The molecule has 6 nitrogen and oxygen atoms in total. The molecular formula is C17H14N4O2S. The monoisotopic (exact) mass is 338 g/mol. The third-order valence-corrected chi connectivity index (χ3v) is 4.44. The van der Waals surface area contributed by atoms with Gasteiger partial charge in [-0.15, -0.1) is 11.3 Å². The number of ketones is 1. The maximum Gasteiger partial charge on any atom is 0.190 e. The molecule has 0 spiro atoms. The van der Waals surface area contributed by atoms with Gasteiger partial charge < -0.3 is 4.74 Å². The van der Waals surface area contributed by atoms with Gasteiger partial charge in [0.05, 0.1) is 30.6 Å². The zero-order valence-corrected chi connectivity index (χ0v) is 13.9. The van der Waals surface area contributed by atoms with E-state index in [0.29, 0.717) is 10.6 Å². The van der Waals surface area contributed by atoms with Crippen molar-refractivity contribution in [2.45, 2.75) is 5.92 Å². The highest BCUT2D eigenvalue weighted by molar-refractivity contribution is 7.10. The van der Waals surface area contributed by atoms with Gasteiger partial charge in [0, 0.05) is 24.2 Å². The first kappa shape index (κ1) is 15.9. The largest absolute Gasteiger partial charge is 0.497 e. The first-order chi connectivity index (χ1) is 11.6. The third kappa shape index (κ3) is 3.05. The van der Waals surface area contributed by atoms with Crippen LogP contribution in [0.25, 0.3) is 11.3 Å². The SMILES string of the molecule is COc1ccc(-c2csc([C@@H](C#N)C(=O)c3cnn(C)c3)n2)cc1. The molecule has 0 radical (unpaired) electrons. The molecule has 0 saturated heterocycles. The summed E-state index contributed by atoms with van der Waals surface area (Å²) in [7, 11) is 3.33. The van der Waals surface area contributed by atoms with Crippen molar-refractivity contribution in [1.29, 1.82) is 5.26 Å². The molecule has 0 saturated carbocycles. The van der Waals surface area contributed by atoms with E-state index in [9.17, 15) is 10.1 Å². The molecule has 0 aliphatic rings. The molecule has 7 heteroatoms. The van der Waals surface area contributed by atoms with Gasteiger partial charge in [-0.2, -0.15) is 10.4 Å². The summed E-state index contributed by atoms with van der Waals surface area (Å²) in [6, 6.07) is 9.52. The summed E-state index contributed by atoms with van der Waals surface area (Å²) < 4.78 is 6.67. The van der Waals surface area contributed by atoms with Crippen LogP contribution in [0.5, 0.6) is 5.75 Å². The zero-order chi connectivity index (χ0) is 17.1. The number of nitrogens with zero attached hydrogens (tertiary/aromatic N) is 4. The number of benzene rings is 1. The molecule has 0 aliphatic carbocycles. The molecule has 2 heterocycles. The Morgan fingerprint density at radius 2 is 2.12 bits per heavy atom. The van der Waals surface area contributed by atoms with Crippen molar-refractivity contribution in [3.05, 3.63) is 52.6 Å². The Hall–Kier alpha value is -2.98. The van der Waals surface area contributed by atoms with Crippen molar-refractivity contribution in [3.8, 4) is 23.1 Å². The minimum absolute atomic E-state index is 0.291. The van der Waals surface area contributed by atoms with Gasteiger partial charge >= 0.3 is 0 Å². The van der Waals surface area contributed by atoms with Crippen LogP contribution in [0.4, 0.5) is 0 Å². The highest BCUT2D eigenvalue weighted by atomic mass is 32.1. The summed E-state index contributed by atoms with van der Waals surface area (Å²) in [6.07, 6.45) is 3.06. The lowest BCUT2D eigenvalue weighted by molar-refractivity contribution is 0.0978. The van der Waals surface area contributed by atoms with E-state index in [4.69, 9.17) is 4.74 Å². The minimum atomic E-state index is -0.925. The fourth-order valence-corrected chi connectivity index (χ4v) is 3.12. The lowest BCUT2D eigenvalue weighted by Gasteiger charge is -2.03. The Morgan fingerprint density at radius 3 is 2.71 bits per heavy atom. The Balaban J connectivity index is 1.87. The second-order valence-corrected chi connectivity index (χ2v) is 6.02. The molecule has 0 aliphatic heterocycles. The minimum Gasteiger partial charge on any atom is -0.497 e. The van der Waals surface area contributed by atoms with Gasteiger partial charge in [-0.05, 0) is 24.3 Å². The second-order valence-electron chi connectivity index (χ2n) is 5.13. The number of methoxy groups -OCH3 is 1. The number of nitriles is 1. The lowest BCUT2D eigenvalue weighted by Crippen LogP contribution is -2.10. The van der Waals surface area contributed by atoms with Crippen LogP contribution in [0.3, 0.4) is 0 Å². The smallest absolute Gasteiger partial charge is 0.190 e. The van der Waals surface area contributed by atoms with Gasteiger partial charge in [-0.3, -0.25) is 9.48 Å². The van der Waals surface area contributed by atoms with Crippen LogP contribution in [-0.2, 0) is 7.05 Å². The molecule has 3 rings (SSSR count). The molecule has 24 heavy (non-hydrogen) atoms. The molecule has 1 aromatic carbocycles. The predicted molar refractivity (Wildman–Crippen MR) is 90.0 cm³/mol. The summed E-state index contributed by atoms with van der Waals surface area (Å²) in [6.45, 7) is 0. The van der Waals surface area contributed by atoms with Gasteiger partial charge in [0.1, 0.15) is 10.8 Å². The van der Waals surface area contributed by atoms with Crippen molar-refractivity contribution in [1.82, 2.24) is 14.8 Å². The first-order valence-electron chi connectivity index (χ1n) is 7.14. The second kappa shape index (κ2) is 6.64. The number of carbonyl (C=O) groups is 1. The molecular weight excluding hydrogens is 324 g/mol. The Labute approximate surface area is 143 Å². The standard InChI is InChI=1S/C17H14N4O2S/c1-21-9-12(8-19-21)16(22)14(7-18)17-20-15(10-24-17)11-3-5-13(23-2)6-4-11/h3-6,8-10,14H,1-2H3/t14-/m0/s1. The normalized spacial score (nSPS) is 11.7. The topological polar surface area (TPSA) is 80.8 Å². The maximum absolute atomic E-state index is 12.5. The van der Waals surface area contributed by atoms with Crippen LogP contribution >= 0.6 is 11.3 Å². The lowest BCUT2D eigenvalue weighted by atomic mass is 10.0. The zero-order valence-electron chi connectivity index (χ0n) is 13.1. The summed E-state index contributed by atoms with van der Waals surface area (Å²) in [5, 5.41) is 15.7. The predicted octanol–water partition coefficient (Wildman–Crippen LogP) is 3.04. The molecule has 0 amide bonds. The highest BCUT2D eigenvalue weighted by Gasteiger charge is 2.26. The number of aromatic nitrogens is 3. The third-order valence-electron chi connectivity index (χ3n) is 3.54. The molecule has 0 unspecified atom stereocenters. The van der Waals surface area contributed by atoms with Gasteiger partial charge in [-0.1, -0.05) is 0 Å². The van der Waals surface area contributed by atoms with Crippen LogP contribution in [-0.4, -0.2) is 27.7 Å². The molecule has 0 N–H and O–H groups in total. The van der Waals surface area contributed by atoms with E-state index in [-0.39, 0.29) is 5.78 Å². The van der Waals surface area contributed by atoms with Crippen molar-refractivity contribution in [2.75, 3.05) is 7.11 Å². The number of ether oxygens (including phenoxy) is 1. The van der Waals surface area contributed by atoms with E-state index in [2.05, 4.69) is 16.2 Å². The fraction of sp³-hybridized carbons (Fsp3) is 0.176. The molecule has 120 valence electrons. The van der Waals surface area contributed by atoms with Crippen LogP contribution in [0.1, 0.15) is 21.3 Å². The quantitative estimate of drug-likeness (QED) is 0.668. The van der Waals surface area contributed by atoms with E-state index in [0.717, 1.165) is 17.0 Å². The maximum atomic E-state index is 12.5. The Kier molecular flexibility index (Phi) is 4.40. The number of carbonyl (C=O) groups excluding carboxylic acids is 1. The first-order valence-corrected chi connectivity index (χ1v) is 8.02. The summed E-state index contributed by atoms with van der Waals surface area (Å²) in [5.41, 5.74) is 2.05. The van der Waals surface area contributed by atoms with E-state index in [1.165, 1.54) is 22.2 Å². The molecule has 2 aromatic heterocycles. The molecule has 3 aromatic rings. The van der Waals surface area contributed by atoms with Crippen molar-refractivity contribution < 1.29 is 9.53 Å². The van der Waals surface area contributed by atoms with Gasteiger partial charge in [0.15, 0.2) is 11.7 Å². The van der Waals surface area contributed by atoms with E-state index < -0.39 is 5.92 Å². The van der Waals surface area contributed by atoms with E-state index in [1.54, 1.807) is 20.4 Å². The van der Waals surface area contributed by atoms with Crippen LogP contribution in [0, 0.1) is 11.3 Å². The number of thiazole rings is 1. The van der Waals surface area contributed by atoms with Crippen LogP contribution in [0.15, 0.2) is 42.0 Å². The fourth-order valence-electron chi connectivity index (χ4n) is 2.26. The van der Waals surface area contributed by atoms with Crippen LogP contribution < -0.4 is 4.74 Å². The summed E-state index contributed by atoms with van der Waals surface area (Å²) in [4.78, 5) is 17.0. The van der Waals surface area contributed by atoms with E-state index in [1.807, 2.05) is 29.6 Å². The van der Waals surface area contributed by atoms with Crippen LogP contribution in [0.2, 0.25) is 0 Å². The Morgan fingerprint density at radius 1 is 1.38 bits per heavy atom. The number of rotatable bonds is 5. The summed E-state index contributed by atoms with van der Waals surface area (Å²) >= 11 is 1.30. The number of hydrogen-bond acceptors (Lipinski definition) is 6.